The van der Waals surface area contributed by atoms with Crippen molar-refractivity contribution in [1.29, 1.82) is 0 Å². The zero-order chi connectivity index (χ0) is 19.1. The molecule has 136 valence electrons. The molecule has 0 aliphatic heterocycles. The van der Waals surface area contributed by atoms with Crippen LogP contribution in [-0.4, -0.2) is 31.9 Å². The minimum Gasteiger partial charge on any atom is -0.444 e. The molecule has 0 radical (unpaired) electrons. The molecule has 0 spiro atoms. The van der Waals surface area contributed by atoms with Gasteiger partial charge in [0.2, 0.25) is 0 Å². The van der Waals surface area contributed by atoms with E-state index in [4.69, 9.17) is 4.74 Å². The molecule has 2 aromatic carbocycles. The first-order valence-electron chi connectivity index (χ1n) is 8.21. The Labute approximate surface area is 171 Å². The number of halogens is 2. The third-order valence-corrected chi connectivity index (χ3v) is 7.10. The lowest BCUT2D eigenvalue weighted by Crippen LogP contribution is -2.39. The quantitative estimate of drug-likeness (QED) is 0.487. The van der Waals surface area contributed by atoms with Crippen LogP contribution < -0.4 is 0 Å². The minimum absolute atomic E-state index is 0.0665. The van der Waals surface area contributed by atoms with Gasteiger partial charge in [0.25, 0.3) is 0 Å². The van der Waals surface area contributed by atoms with Gasteiger partial charge in [-0.3, -0.25) is 9.59 Å². The summed E-state index contributed by atoms with van der Waals surface area (Å²) in [5, 5.41) is 0.561. The Balaban J connectivity index is 1.82. The van der Waals surface area contributed by atoms with E-state index in [0.29, 0.717) is 10.9 Å². The molecule has 0 fully saturated rings. The molecular weight excluding hydrogens is 478 g/mol. The third-order valence-electron chi connectivity index (χ3n) is 4.50. The standard InChI is InChI=1S/C20H13Br2NO4/c21-15-16(22)19(25)17-14(18(15)24)12-8-4-5-9-13(12)23(17)20(26)27-10-11-6-2-1-3-7-11/h1-9,15-16H,10H2. The Hall–Kier alpha value is -2.25. The second-order valence-corrected chi connectivity index (χ2v) is 8.12. The maximum Gasteiger partial charge on any atom is 0.419 e. The van der Waals surface area contributed by atoms with E-state index in [1.54, 1.807) is 24.3 Å². The number of hydrogen-bond donors (Lipinski definition) is 0. The number of hydrogen-bond acceptors (Lipinski definition) is 4. The van der Waals surface area contributed by atoms with Crippen LogP contribution in [0.4, 0.5) is 4.79 Å². The molecule has 1 aliphatic rings. The second-order valence-electron chi connectivity index (χ2n) is 6.15. The summed E-state index contributed by atoms with van der Waals surface area (Å²) < 4.78 is 6.64. The molecule has 2 unspecified atom stereocenters. The first-order valence-corrected chi connectivity index (χ1v) is 10.0. The number of para-hydroxylation sites is 1. The number of nitrogens with zero attached hydrogens (tertiary/aromatic N) is 1. The Morgan fingerprint density at radius 2 is 1.56 bits per heavy atom. The summed E-state index contributed by atoms with van der Waals surface area (Å²) in [4.78, 5) is 37.1. The van der Waals surface area contributed by atoms with Gasteiger partial charge in [0.05, 0.1) is 20.7 Å². The van der Waals surface area contributed by atoms with E-state index >= 15 is 0 Å². The molecule has 1 aromatic heterocycles. The molecule has 1 heterocycles. The number of ketones is 2. The lowest BCUT2D eigenvalue weighted by molar-refractivity contribution is 0.0899. The van der Waals surface area contributed by atoms with E-state index in [9.17, 15) is 14.4 Å². The van der Waals surface area contributed by atoms with Gasteiger partial charge in [0.15, 0.2) is 11.6 Å². The highest BCUT2D eigenvalue weighted by Gasteiger charge is 2.43. The zero-order valence-electron chi connectivity index (χ0n) is 13.9. The van der Waals surface area contributed by atoms with Crippen LogP contribution in [0.1, 0.15) is 26.4 Å². The van der Waals surface area contributed by atoms with Gasteiger partial charge in [0.1, 0.15) is 12.3 Å². The smallest absolute Gasteiger partial charge is 0.419 e. The van der Waals surface area contributed by atoms with Gasteiger partial charge >= 0.3 is 6.09 Å². The first kappa shape index (κ1) is 18.1. The van der Waals surface area contributed by atoms with Crippen LogP contribution in [-0.2, 0) is 11.3 Å². The van der Waals surface area contributed by atoms with Crippen molar-refractivity contribution in [2.24, 2.45) is 0 Å². The lowest BCUT2D eigenvalue weighted by atomic mass is 9.93. The molecule has 0 saturated heterocycles. The van der Waals surface area contributed by atoms with Crippen molar-refractivity contribution in [3.05, 3.63) is 71.4 Å². The van der Waals surface area contributed by atoms with Crippen molar-refractivity contribution in [2.75, 3.05) is 0 Å². The summed E-state index contributed by atoms with van der Waals surface area (Å²) in [6.07, 6.45) is -0.690. The molecule has 0 amide bonds. The average molecular weight is 491 g/mol. The predicted octanol–water partition coefficient (Wildman–Crippen LogP) is 4.73. The second kappa shape index (κ2) is 7.05. The van der Waals surface area contributed by atoms with Gasteiger partial charge < -0.3 is 4.74 Å². The predicted molar refractivity (Wildman–Crippen MR) is 108 cm³/mol. The van der Waals surface area contributed by atoms with Gasteiger partial charge in [-0.15, -0.1) is 0 Å². The summed E-state index contributed by atoms with van der Waals surface area (Å²) in [7, 11) is 0. The summed E-state index contributed by atoms with van der Waals surface area (Å²) in [5.41, 5.74) is 1.63. The van der Waals surface area contributed by atoms with Crippen LogP contribution in [0.25, 0.3) is 10.9 Å². The van der Waals surface area contributed by atoms with Crippen LogP contribution in [0.15, 0.2) is 54.6 Å². The fourth-order valence-electron chi connectivity index (χ4n) is 3.23. The highest BCUT2D eigenvalue weighted by Crippen LogP contribution is 2.37. The molecule has 0 saturated carbocycles. The molecule has 7 heteroatoms. The molecule has 2 atom stereocenters. The summed E-state index contributed by atoms with van der Waals surface area (Å²) in [6.45, 7) is 0.0713. The van der Waals surface area contributed by atoms with Crippen molar-refractivity contribution >= 4 is 60.4 Å². The molecule has 1 aliphatic carbocycles. The number of carbonyl (C=O) groups excluding carboxylic acids is 3. The summed E-state index contributed by atoms with van der Waals surface area (Å²) >= 11 is 6.54. The van der Waals surface area contributed by atoms with Gasteiger partial charge in [-0.25, -0.2) is 9.36 Å². The van der Waals surface area contributed by atoms with Crippen molar-refractivity contribution < 1.29 is 19.1 Å². The number of ether oxygens (including phenoxy) is 1. The van der Waals surface area contributed by atoms with E-state index in [2.05, 4.69) is 31.9 Å². The number of alkyl halides is 2. The Bertz CT molecular complexity index is 1070. The van der Waals surface area contributed by atoms with E-state index in [-0.39, 0.29) is 29.4 Å². The normalized spacial score (nSPS) is 19.2. The summed E-state index contributed by atoms with van der Waals surface area (Å²) in [6, 6.07) is 16.2. The topological polar surface area (TPSA) is 65.4 Å². The van der Waals surface area contributed by atoms with Gasteiger partial charge in [-0.05, 0) is 11.6 Å². The number of Topliss-reactive ketones (excluding diaryl/α,β-unsaturated/α-hetero) is 2. The Kier molecular flexibility index (Phi) is 4.74. The largest absolute Gasteiger partial charge is 0.444 e. The fourth-order valence-corrected chi connectivity index (χ4v) is 4.16. The number of aromatic nitrogens is 1. The highest BCUT2D eigenvalue weighted by atomic mass is 79.9. The van der Waals surface area contributed by atoms with E-state index in [0.717, 1.165) is 5.56 Å². The van der Waals surface area contributed by atoms with E-state index < -0.39 is 15.7 Å². The van der Waals surface area contributed by atoms with Crippen LogP contribution in [0.3, 0.4) is 0 Å². The third kappa shape index (κ3) is 2.95. The van der Waals surface area contributed by atoms with Crippen LogP contribution in [0, 0.1) is 0 Å². The number of fused-ring (bicyclic) bond motifs is 3. The zero-order valence-corrected chi connectivity index (χ0v) is 17.1. The molecule has 5 nitrogen and oxygen atoms in total. The lowest BCUT2D eigenvalue weighted by Gasteiger charge is -2.22. The number of rotatable bonds is 2. The maximum absolute atomic E-state index is 12.9. The monoisotopic (exact) mass is 489 g/mol. The molecular formula is C20H13Br2NO4. The molecule has 3 aromatic rings. The average Bonchev–Trinajstić information content (AvgIpc) is 3.05. The van der Waals surface area contributed by atoms with Gasteiger partial charge in [-0.2, -0.15) is 0 Å². The maximum atomic E-state index is 12.9. The molecule has 27 heavy (non-hydrogen) atoms. The Morgan fingerprint density at radius 1 is 0.926 bits per heavy atom. The van der Waals surface area contributed by atoms with Gasteiger partial charge in [-0.1, -0.05) is 80.4 Å². The van der Waals surface area contributed by atoms with Crippen LogP contribution in [0.2, 0.25) is 0 Å². The van der Waals surface area contributed by atoms with Crippen molar-refractivity contribution in [3.63, 3.8) is 0 Å². The summed E-state index contributed by atoms with van der Waals surface area (Å²) in [5.74, 6) is -0.573. The van der Waals surface area contributed by atoms with Crippen molar-refractivity contribution in [3.8, 4) is 0 Å². The molecule has 4 rings (SSSR count). The molecule has 0 N–H and O–H groups in total. The van der Waals surface area contributed by atoms with E-state index in [1.165, 1.54) is 4.57 Å². The van der Waals surface area contributed by atoms with E-state index in [1.807, 2.05) is 30.3 Å². The van der Waals surface area contributed by atoms with Gasteiger partial charge in [0, 0.05) is 5.39 Å². The SMILES string of the molecule is O=C1c2c(n(C(=O)OCc3ccccc3)c3ccccc23)C(=O)C(Br)C1Br. The first-order chi connectivity index (χ1) is 13.0. The molecule has 0 bridgehead atoms. The highest BCUT2D eigenvalue weighted by molar-refractivity contribution is 9.12. The van der Waals surface area contributed by atoms with Crippen molar-refractivity contribution in [1.82, 2.24) is 4.57 Å². The fraction of sp³-hybridized carbons (Fsp3) is 0.150. The van der Waals surface area contributed by atoms with Crippen LogP contribution >= 0.6 is 31.9 Å². The minimum atomic E-state index is -0.748. The number of carbonyl (C=O) groups is 3. The van der Waals surface area contributed by atoms with Crippen molar-refractivity contribution in [2.45, 2.75) is 16.3 Å². The van der Waals surface area contributed by atoms with Crippen LogP contribution in [0.5, 0.6) is 0 Å². The number of benzene rings is 2. The Morgan fingerprint density at radius 3 is 2.30 bits per heavy atom.